The number of carboxylic acids is 1. The van der Waals surface area contributed by atoms with Crippen molar-refractivity contribution in [2.75, 3.05) is 0 Å². The lowest BCUT2D eigenvalue weighted by Gasteiger charge is -2.24. The van der Waals surface area contributed by atoms with Crippen LogP contribution in [0.5, 0.6) is 0 Å². The van der Waals surface area contributed by atoms with Gasteiger partial charge in [-0.3, -0.25) is 4.79 Å². The van der Waals surface area contributed by atoms with Crippen molar-refractivity contribution in [2.45, 2.75) is 103 Å². The zero-order valence-electron chi connectivity index (χ0n) is 17.8. The monoisotopic (exact) mass is 396 g/mol. The van der Waals surface area contributed by atoms with Gasteiger partial charge in [0.05, 0.1) is 24.4 Å². The first-order chi connectivity index (χ1) is 13.3. The molecule has 1 fully saturated rings. The summed E-state index contributed by atoms with van der Waals surface area (Å²) in [6.45, 7) is 6.15. The molecule has 1 saturated carbocycles. The van der Waals surface area contributed by atoms with Gasteiger partial charge in [0.1, 0.15) is 0 Å². The van der Waals surface area contributed by atoms with Crippen molar-refractivity contribution < 1.29 is 24.9 Å². The molecule has 0 aromatic carbocycles. The number of hydrogen-bond donors (Lipinski definition) is 3. The largest absolute Gasteiger partial charge is 0.481 e. The average molecular weight is 397 g/mol. The summed E-state index contributed by atoms with van der Waals surface area (Å²) in [5.41, 5.74) is 0. The molecule has 0 saturated heterocycles. The number of carbonyl (C=O) groups is 1. The number of hydrogen-bond acceptors (Lipinski definition) is 4. The third-order valence-electron chi connectivity index (χ3n) is 5.33. The van der Waals surface area contributed by atoms with E-state index in [4.69, 9.17) is 9.84 Å². The van der Waals surface area contributed by atoms with Gasteiger partial charge in [-0.2, -0.15) is 0 Å². The minimum atomic E-state index is -0.768. The highest BCUT2D eigenvalue weighted by atomic mass is 16.5. The van der Waals surface area contributed by atoms with Gasteiger partial charge in [-0.1, -0.05) is 50.5 Å². The van der Waals surface area contributed by atoms with Crippen molar-refractivity contribution in [2.24, 2.45) is 11.8 Å². The van der Waals surface area contributed by atoms with Crippen LogP contribution in [0, 0.1) is 11.8 Å². The molecule has 1 rings (SSSR count). The molecule has 3 N–H and O–H groups in total. The highest BCUT2D eigenvalue weighted by Gasteiger charge is 2.41. The Hall–Kier alpha value is -1.17. The lowest BCUT2D eigenvalue weighted by molar-refractivity contribution is -0.137. The summed E-state index contributed by atoms with van der Waals surface area (Å²) in [6.07, 6.45) is 14.1. The van der Waals surface area contributed by atoms with Crippen molar-refractivity contribution in [3.8, 4) is 0 Å². The molecule has 0 bridgehead atoms. The van der Waals surface area contributed by atoms with E-state index in [-0.39, 0.29) is 30.5 Å². The predicted octanol–water partition coefficient (Wildman–Crippen LogP) is 4.48. The van der Waals surface area contributed by atoms with Crippen LogP contribution in [0.25, 0.3) is 0 Å². The van der Waals surface area contributed by atoms with Gasteiger partial charge < -0.3 is 20.1 Å². The summed E-state index contributed by atoms with van der Waals surface area (Å²) in [6, 6.07) is 0. The van der Waals surface area contributed by atoms with Crippen molar-refractivity contribution in [1.82, 2.24) is 0 Å². The van der Waals surface area contributed by atoms with Crippen molar-refractivity contribution in [3.05, 3.63) is 24.3 Å². The minimum Gasteiger partial charge on any atom is -0.481 e. The van der Waals surface area contributed by atoms with E-state index in [0.29, 0.717) is 12.8 Å². The van der Waals surface area contributed by atoms with Gasteiger partial charge in [0.15, 0.2) is 0 Å². The molecule has 5 heteroatoms. The summed E-state index contributed by atoms with van der Waals surface area (Å²) >= 11 is 0. The van der Waals surface area contributed by atoms with Crippen molar-refractivity contribution in [3.63, 3.8) is 0 Å². The number of aliphatic hydroxyl groups excluding tert-OH is 2. The first kappa shape index (κ1) is 24.9. The van der Waals surface area contributed by atoms with Crippen LogP contribution in [0.2, 0.25) is 0 Å². The van der Waals surface area contributed by atoms with E-state index >= 15 is 0 Å². The van der Waals surface area contributed by atoms with Crippen molar-refractivity contribution >= 4 is 5.97 Å². The third-order valence-corrected chi connectivity index (χ3v) is 5.33. The Labute approximate surface area is 170 Å². The first-order valence-corrected chi connectivity index (χ1v) is 10.9. The van der Waals surface area contributed by atoms with Gasteiger partial charge in [0, 0.05) is 18.8 Å². The van der Waals surface area contributed by atoms with Gasteiger partial charge in [-0.25, -0.2) is 0 Å². The Kier molecular flexibility index (Phi) is 12.4. The lowest BCUT2D eigenvalue weighted by Crippen LogP contribution is -2.24. The van der Waals surface area contributed by atoms with Crippen LogP contribution in [-0.4, -0.2) is 45.7 Å². The van der Waals surface area contributed by atoms with Crippen LogP contribution >= 0.6 is 0 Å². The molecule has 0 heterocycles. The minimum absolute atomic E-state index is 0.0421. The predicted molar refractivity (Wildman–Crippen MR) is 112 cm³/mol. The molecule has 1 aliphatic carbocycles. The van der Waals surface area contributed by atoms with Crippen LogP contribution < -0.4 is 0 Å². The van der Waals surface area contributed by atoms with E-state index in [1.807, 2.05) is 38.2 Å². The van der Waals surface area contributed by atoms with E-state index in [1.54, 1.807) is 0 Å². The molecule has 0 unspecified atom stereocenters. The SMILES string of the molecule is CCCCC[C@H](O)/C=C/[C@@H]1[C@@H](C/C=C\CCCC(=O)O)[C@@H](O)C[C@H]1OC(C)C. The number of allylic oxidation sites excluding steroid dienone is 2. The maximum absolute atomic E-state index is 10.6. The van der Waals surface area contributed by atoms with Crippen LogP contribution in [0.3, 0.4) is 0 Å². The molecule has 0 radical (unpaired) electrons. The zero-order chi connectivity index (χ0) is 20.9. The fourth-order valence-corrected chi connectivity index (χ4v) is 3.88. The fourth-order valence-electron chi connectivity index (χ4n) is 3.88. The summed E-state index contributed by atoms with van der Waals surface area (Å²) < 4.78 is 6.04. The van der Waals surface area contributed by atoms with Crippen LogP contribution in [-0.2, 0) is 9.53 Å². The Balaban J connectivity index is 2.66. The summed E-state index contributed by atoms with van der Waals surface area (Å²) in [5, 5.41) is 29.5. The lowest BCUT2D eigenvalue weighted by atomic mass is 9.89. The Morgan fingerprint density at radius 3 is 2.61 bits per heavy atom. The Morgan fingerprint density at radius 2 is 1.96 bits per heavy atom. The maximum Gasteiger partial charge on any atom is 0.303 e. The van der Waals surface area contributed by atoms with Gasteiger partial charge in [0.2, 0.25) is 0 Å². The summed E-state index contributed by atoms with van der Waals surface area (Å²) in [4.78, 5) is 10.6. The van der Waals surface area contributed by atoms with E-state index in [0.717, 1.165) is 38.5 Å². The molecule has 162 valence electrons. The van der Waals surface area contributed by atoms with Gasteiger partial charge in [-0.15, -0.1) is 0 Å². The number of aliphatic carboxylic acids is 1. The fraction of sp³-hybridized carbons (Fsp3) is 0.783. The van der Waals surface area contributed by atoms with Crippen LogP contribution in [0.1, 0.15) is 78.6 Å². The van der Waals surface area contributed by atoms with Crippen LogP contribution in [0.15, 0.2) is 24.3 Å². The highest BCUT2D eigenvalue weighted by molar-refractivity contribution is 5.66. The molecule has 0 aromatic heterocycles. The normalized spacial score (nSPS) is 26.6. The Bertz CT molecular complexity index is 485. The zero-order valence-corrected chi connectivity index (χ0v) is 17.8. The van der Waals surface area contributed by atoms with E-state index in [1.165, 1.54) is 0 Å². The molecular formula is C23H40O5. The second kappa shape index (κ2) is 13.9. The topological polar surface area (TPSA) is 87.0 Å². The van der Waals surface area contributed by atoms with E-state index in [9.17, 15) is 15.0 Å². The second-order valence-corrected chi connectivity index (χ2v) is 8.21. The third kappa shape index (κ3) is 9.85. The number of unbranched alkanes of at least 4 members (excludes halogenated alkanes) is 3. The van der Waals surface area contributed by atoms with Crippen LogP contribution in [0.4, 0.5) is 0 Å². The van der Waals surface area contributed by atoms with E-state index < -0.39 is 18.2 Å². The van der Waals surface area contributed by atoms with Gasteiger partial charge >= 0.3 is 5.97 Å². The molecule has 5 atom stereocenters. The molecule has 0 spiro atoms. The summed E-state index contributed by atoms with van der Waals surface area (Å²) in [7, 11) is 0. The molecule has 0 amide bonds. The maximum atomic E-state index is 10.6. The average Bonchev–Trinajstić information content (AvgIpc) is 2.90. The van der Waals surface area contributed by atoms with E-state index in [2.05, 4.69) is 6.92 Å². The highest BCUT2D eigenvalue weighted by Crippen LogP contribution is 2.38. The quantitative estimate of drug-likeness (QED) is 0.298. The number of carboxylic acid groups (broad SMARTS) is 1. The van der Waals surface area contributed by atoms with Crippen molar-refractivity contribution in [1.29, 1.82) is 0 Å². The van der Waals surface area contributed by atoms with Gasteiger partial charge in [-0.05, 0) is 45.4 Å². The molecule has 28 heavy (non-hydrogen) atoms. The molecular weight excluding hydrogens is 356 g/mol. The molecule has 0 aromatic rings. The standard InChI is InChI=1S/C23H40O5/c1-4-5-8-11-18(24)14-15-20-19(12-9-6-7-10-13-23(26)27)21(25)16-22(20)28-17(2)3/h6,9,14-15,17-22,24-25H,4-5,7-8,10-13,16H2,1-3H3,(H,26,27)/b9-6-,15-14+/t18-,19+,20+,21-,22+/m0/s1. The second-order valence-electron chi connectivity index (χ2n) is 8.21. The summed E-state index contributed by atoms with van der Waals surface area (Å²) in [5.74, 6) is -0.642. The number of ether oxygens (including phenoxy) is 1. The molecule has 1 aliphatic rings. The first-order valence-electron chi connectivity index (χ1n) is 10.9. The number of rotatable bonds is 14. The molecule has 5 nitrogen and oxygen atoms in total. The molecule has 0 aliphatic heterocycles. The smallest absolute Gasteiger partial charge is 0.303 e. The van der Waals surface area contributed by atoms with Gasteiger partial charge in [0.25, 0.3) is 0 Å². The Morgan fingerprint density at radius 1 is 1.21 bits per heavy atom. The number of aliphatic hydroxyl groups is 2.